The number of aromatic nitrogens is 2. The Balaban J connectivity index is 1.77. The number of nitrogens with zero attached hydrogens (tertiary/aromatic N) is 3. The van der Waals surface area contributed by atoms with Crippen LogP contribution in [0.5, 0.6) is 5.75 Å². The van der Waals surface area contributed by atoms with Crippen LogP contribution in [-0.4, -0.2) is 49.4 Å². The Kier molecular flexibility index (Phi) is 8.10. The Morgan fingerprint density at radius 2 is 1.94 bits per heavy atom. The topological polar surface area (TPSA) is 93.5 Å². The van der Waals surface area contributed by atoms with E-state index in [0.29, 0.717) is 18.5 Å². The molecular formula is C24H32N4O4S. The minimum Gasteiger partial charge on any atom is -0.496 e. The van der Waals surface area contributed by atoms with Gasteiger partial charge in [0.05, 0.1) is 23.0 Å². The van der Waals surface area contributed by atoms with E-state index in [-0.39, 0.29) is 17.2 Å². The number of hydrogen-bond acceptors (Lipinski definition) is 5. The fraction of sp³-hybridized carbons (Fsp3) is 0.417. The van der Waals surface area contributed by atoms with E-state index in [9.17, 15) is 13.2 Å². The number of ether oxygens (including phenoxy) is 1. The number of carbonyl (C=O) groups is 1. The molecule has 1 aromatic heterocycles. The first-order valence-corrected chi connectivity index (χ1v) is 12.5. The summed E-state index contributed by atoms with van der Waals surface area (Å²) in [6.45, 7) is 3.28. The monoisotopic (exact) mass is 472 g/mol. The fourth-order valence-electron chi connectivity index (χ4n) is 3.64. The molecule has 0 spiro atoms. The lowest BCUT2D eigenvalue weighted by molar-refractivity contribution is -0.121. The van der Waals surface area contributed by atoms with Crippen LogP contribution < -0.4 is 10.1 Å². The third kappa shape index (κ3) is 5.72. The molecule has 0 bridgehead atoms. The van der Waals surface area contributed by atoms with Crippen LogP contribution in [0.3, 0.4) is 0 Å². The summed E-state index contributed by atoms with van der Waals surface area (Å²) in [5.41, 5.74) is 2.42. The van der Waals surface area contributed by atoms with Crippen LogP contribution in [-0.2, 0) is 34.3 Å². The number of amides is 1. The van der Waals surface area contributed by atoms with Crippen LogP contribution in [0.1, 0.15) is 37.6 Å². The van der Waals surface area contributed by atoms with E-state index in [4.69, 9.17) is 9.72 Å². The summed E-state index contributed by atoms with van der Waals surface area (Å²) in [5, 5.41) is 2.94. The SMILES string of the molecule is CCCCn1c(CCC(=O)NCc2ccccc2OC)nc2cc(S(=O)(=O)N(C)C)ccc21. The maximum absolute atomic E-state index is 12.5. The van der Waals surface area contributed by atoms with E-state index in [1.54, 1.807) is 25.3 Å². The van der Waals surface area contributed by atoms with Gasteiger partial charge in [-0.05, 0) is 30.7 Å². The van der Waals surface area contributed by atoms with E-state index in [0.717, 1.165) is 42.0 Å². The quantitative estimate of drug-likeness (QED) is 0.462. The zero-order chi connectivity index (χ0) is 24.0. The predicted molar refractivity (Wildman–Crippen MR) is 129 cm³/mol. The van der Waals surface area contributed by atoms with Gasteiger partial charge in [-0.25, -0.2) is 17.7 Å². The van der Waals surface area contributed by atoms with Crippen molar-refractivity contribution in [2.24, 2.45) is 0 Å². The fourth-order valence-corrected chi connectivity index (χ4v) is 4.57. The van der Waals surface area contributed by atoms with Crippen molar-refractivity contribution in [2.75, 3.05) is 21.2 Å². The summed E-state index contributed by atoms with van der Waals surface area (Å²) in [4.78, 5) is 17.4. The molecule has 1 amide bonds. The molecule has 1 heterocycles. The minimum atomic E-state index is -3.54. The van der Waals surface area contributed by atoms with Gasteiger partial charge in [0.15, 0.2) is 0 Å². The maximum atomic E-state index is 12.5. The standard InChI is InChI=1S/C24H32N4O4S/c1-5-6-15-28-21-12-11-19(33(30,31)27(2)3)16-20(21)26-23(28)13-14-24(29)25-17-18-9-7-8-10-22(18)32-4/h7-12,16H,5-6,13-15,17H2,1-4H3,(H,25,29). The van der Waals surface area contributed by atoms with Crippen LogP contribution in [0.2, 0.25) is 0 Å². The van der Waals surface area contributed by atoms with Crippen molar-refractivity contribution in [2.45, 2.75) is 50.6 Å². The molecule has 3 aromatic rings. The van der Waals surface area contributed by atoms with E-state index >= 15 is 0 Å². The van der Waals surface area contributed by atoms with Crippen molar-refractivity contribution in [3.8, 4) is 5.75 Å². The third-order valence-electron chi connectivity index (χ3n) is 5.56. The largest absolute Gasteiger partial charge is 0.496 e. The molecule has 0 fully saturated rings. The molecule has 3 rings (SSSR count). The number of nitrogens with one attached hydrogen (secondary N) is 1. The summed E-state index contributed by atoms with van der Waals surface area (Å²) in [7, 11) is 1.08. The van der Waals surface area contributed by atoms with E-state index in [1.165, 1.54) is 18.4 Å². The molecule has 33 heavy (non-hydrogen) atoms. The number of aryl methyl sites for hydroxylation is 2. The number of carbonyl (C=O) groups excluding carboxylic acids is 1. The van der Waals surface area contributed by atoms with Crippen LogP contribution in [0, 0.1) is 0 Å². The molecule has 0 unspecified atom stereocenters. The highest BCUT2D eigenvalue weighted by atomic mass is 32.2. The van der Waals surface area contributed by atoms with Gasteiger partial charge in [-0.15, -0.1) is 0 Å². The second kappa shape index (κ2) is 10.8. The van der Waals surface area contributed by atoms with Crippen molar-refractivity contribution in [3.05, 3.63) is 53.9 Å². The molecule has 1 N–H and O–H groups in total. The Labute approximate surface area is 195 Å². The Hall–Kier alpha value is -2.91. The number of fused-ring (bicyclic) bond motifs is 1. The van der Waals surface area contributed by atoms with Crippen LogP contribution in [0.15, 0.2) is 47.4 Å². The molecule has 8 nitrogen and oxygen atoms in total. The van der Waals surface area contributed by atoms with Gasteiger partial charge in [0.1, 0.15) is 11.6 Å². The summed E-state index contributed by atoms with van der Waals surface area (Å²) in [6, 6.07) is 12.6. The first-order valence-electron chi connectivity index (χ1n) is 11.1. The lowest BCUT2D eigenvalue weighted by Gasteiger charge is -2.12. The first-order chi connectivity index (χ1) is 15.8. The molecule has 178 valence electrons. The van der Waals surface area contributed by atoms with Gasteiger partial charge in [-0.3, -0.25) is 4.79 Å². The molecule has 0 aliphatic rings. The highest BCUT2D eigenvalue weighted by molar-refractivity contribution is 7.89. The average Bonchev–Trinajstić information content (AvgIpc) is 3.16. The smallest absolute Gasteiger partial charge is 0.242 e. The first kappa shape index (κ1) is 24.7. The number of imidazole rings is 1. The number of sulfonamides is 1. The van der Waals surface area contributed by atoms with Crippen molar-refractivity contribution >= 4 is 27.0 Å². The second-order valence-electron chi connectivity index (χ2n) is 8.06. The summed E-state index contributed by atoms with van der Waals surface area (Å²) in [5.74, 6) is 1.44. The minimum absolute atomic E-state index is 0.0779. The number of rotatable bonds is 11. The number of para-hydroxylation sites is 1. The van der Waals surface area contributed by atoms with Gasteiger partial charge in [0.25, 0.3) is 0 Å². The molecule has 2 aromatic carbocycles. The molecule has 0 saturated carbocycles. The molecule has 0 atom stereocenters. The number of unbranched alkanes of at least 4 members (excludes halogenated alkanes) is 1. The Morgan fingerprint density at radius 3 is 2.64 bits per heavy atom. The number of benzene rings is 2. The van der Waals surface area contributed by atoms with Crippen molar-refractivity contribution in [3.63, 3.8) is 0 Å². The summed E-state index contributed by atoms with van der Waals surface area (Å²) < 4.78 is 33.7. The lowest BCUT2D eigenvalue weighted by atomic mass is 10.2. The normalized spacial score (nSPS) is 11.8. The third-order valence-corrected chi connectivity index (χ3v) is 7.37. The summed E-state index contributed by atoms with van der Waals surface area (Å²) in [6.07, 6.45) is 2.74. The van der Waals surface area contributed by atoms with Gasteiger partial charge in [-0.1, -0.05) is 31.5 Å². The van der Waals surface area contributed by atoms with Crippen molar-refractivity contribution < 1.29 is 17.9 Å². The Bertz CT molecular complexity index is 1220. The molecular weight excluding hydrogens is 440 g/mol. The van der Waals surface area contributed by atoms with Gasteiger partial charge in [0.2, 0.25) is 15.9 Å². The van der Waals surface area contributed by atoms with Gasteiger partial charge in [0, 0.05) is 45.6 Å². The molecule has 9 heteroatoms. The van der Waals surface area contributed by atoms with Gasteiger partial charge < -0.3 is 14.6 Å². The summed E-state index contributed by atoms with van der Waals surface area (Å²) >= 11 is 0. The number of hydrogen-bond donors (Lipinski definition) is 1. The highest BCUT2D eigenvalue weighted by Crippen LogP contribution is 2.23. The molecule has 0 saturated heterocycles. The van der Waals surface area contributed by atoms with Crippen LogP contribution in [0.25, 0.3) is 11.0 Å². The van der Waals surface area contributed by atoms with Crippen molar-refractivity contribution in [1.82, 2.24) is 19.2 Å². The molecule has 0 aliphatic carbocycles. The van der Waals surface area contributed by atoms with Crippen LogP contribution in [0.4, 0.5) is 0 Å². The predicted octanol–water partition coefficient (Wildman–Crippen LogP) is 3.34. The second-order valence-corrected chi connectivity index (χ2v) is 10.2. The molecule has 0 aliphatic heterocycles. The molecule has 0 radical (unpaired) electrons. The zero-order valence-electron chi connectivity index (χ0n) is 19.7. The lowest BCUT2D eigenvalue weighted by Crippen LogP contribution is -2.23. The van der Waals surface area contributed by atoms with E-state index < -0.39 is 10.0 Å². The van der Waals surface area contributed by atoms with Gasteiger partial charge in [-0.2, -0.15) is 0 Å². The average molecular weight is 473 g/mol. The number of methoxy groups -OCH3 is 1. The van der Waals surface area contributed by atoms with Gasteiger partial charge >= 0.3 is 0 Å². The van der Waals surface area contributed by atoms with Crippen LogP contribution >= 0.6 is 0 Å². The van der Waals surface area contributed by atoms with E-state index in [2.05, 4.69) is 16.8 Å². The highest BCUT2D eigenvalue weighted by Gasteiger charge is 2.20. The maximum Gasteiger partial charge on any atom is 0.242 e. The van der Waals surface area contributed by atoms with Crippen molar-refractivity contribution in [1.29, 1.82) is 0 Å². The zero-order valence-corrected chi connectivity index (χ0v) is 20.5. The van der Waals surface area contributed by atoms with E-state index in [1.807, 2.05) is 24.3 Å². The Morgan fingerprint density at radius 1 is 1.18 bits per heavy atom.